The van der Waals surface area contributed by atoms with Crippen LogP contribution in [0.15, 0.2) is 34.9 Å². The zero-order valence-corrected chi connectivity index (χ0v) is 44.8. The van der Waals surface area contributed by atoms with Crippen molar-refractivity contribution in [1.82, 2.24) is 53.6 Å². The summed E-state index contributed by atoms with van der Waals surface area (Å²) in [5, 5.41) is 36.0. The van der Waals surface area contributed by atoms with Gasteiger partial charge in [-0.2, -0.15) is 13.6 Å². The summed E-state index contributed by atoms with van der Waals surface area (Å²) in [7, 11) is -17.8. The molecule has 3 fully saturated rings. The molecule has 43 heteroatoms. The van der Waals surface area contributed by atoms with Gasteiger partial charge in [0.25, 0.3) is 17.1 Å². The van der Waals surface area contributed by atoms with Gasteiger partial charge in [-0.3, -0.25) is 51.4 Å². The average molecular weight is 1200 g/mol. The number of nitrogens with two attached hydrogens (primary N) is 2. The van der Waals surface area contributed by atoms with Gasteiger partial charge in [-0.15, -0.1) is 0 Å². The highest BCUT2D eigenvalue weighted by Gasteiger charge is 2.54. The Morgan fingerprint density at radius 3 is 2.00 bits per heavy atom. The van der Waals surface area contributed by atoms with Gasteiger partial charge in [-0.25, -0.2) is 42.8 Å². The van der Waals surface area contributed by atoms with Gasteiger partial charge in [-0.05, 0) is 6.42 Å². The molecule has 0 bridgehead atoms. The molecule has 14 N–H and O–H groups in total. The Morgan fingerprint density at radius 2 is 1.33 bits per heavy atom. The largest absolute Gasteiger partial charge is 0.490 e. The summed E-state index contributed by atoms with van der Waals surface area (Å²) in [5.41, 5.74) is 10.1. The predicted octanol–water partition coefficient (Wildman–Crippen LogP) is -2.96. The van der Waals surface area contributed by atoms with Gasteiger partial charge in [0, 0.05) is 33.8 Å². The normalized spacial score (nSPS) is 29.5. The molecule has 0 radical (unpaired) electrons. The lowest BCUT2D eigenvalue weighted by atomic mass is 9.95. The number of aliphatic hydroxyl groups is 3. The Balaban J connectivity index is 0.877. The lowest BCUT2D eigenvalue weighted by Gasteiger charge is -2.26. The number of aryl methyl sites for hydroxylation is 1. The van der Waals surface area contributed by atoms with E-state index in [1.165, 1.54) is 40.5 Å². The van der Waals surface area contributed by atoms with E-state index in [0.29, 0.717) is 0 Å². The van der Waals surface area contributed by atoms with Crippen LogP contribution in [0.2, 0.25) is 0 Å². The van der Waals surface area contributed by atoms with Crippen molar-refractivity contribution in [3.8, 4) is 0 Å². The summed E-state index contributed by atoms with van der Waals surface area (Å²) in [6.07, 6.45) is -12.4. The van der Waals surface area contributed by atoms with Crippen molar-refractivity contribution < 1.29 is 108 Å². The van der Waals surface area contributed by atoms with Crippen LogP contribution in [0.1, 0.15) is 25.1 Å². The molecule has 434 valence electrons. The third-order valence-electron chi connectivity index (χ3n) is 12.6. The molecule has 9 rings (SSSR count). The van der Waals surface area contributed by atoms with Crippen LogP contribution in [0.25, 0.3) is 33.5 Å². The topological polar surface area (TPSA) is 537 Å². The molecule has 0 saturated carbocycles. The number of aromatic amines is 2. The zero-order chi connectivity index (χ0) is 57.1. The molecule has 0 amide bonds. The van der Waals surface area contributed by atoms with E-state index in [-0.39, 0.29) is 64.2 Å². The number of methoxy groups -OCH3 is 2. The van der Waals surface area contributed by atoms with Crippen molar-refractivity contribution in [3.05, 3.63) is 46.0 Å². The second-order valence-electron chi connectivity index (χ2n) is 17.6. The minimum absolute atomic E-state index is 0.00418. The molecule has 0 aliphatic carbocycles. The van der Waals surface area contributed by atoms with Gasteiger partial charge in [0.05, 0.1) is 45.6 Å². The maximum Gasteiger partial charge on any atom is 0.490 e. The number of ether oxygens (including phenoxy) is 5. The number of hydrogen-bond acceptors (Lipinski definition) is 29. The van der Waals surface area contributed by atoms with Crippen LogP contribution >= 0.6 is 31.3 Å². The quantitative estimate of drug-likeness (QED) is 0.0225. The maximum atomic E-state index is 13.8. The highest BCUT2D eigenvalue weighted by atomic mass is 31.3. The van der Waals surface area contributed by atoms with E-state index >= 15 is 0 Å². The summed E-state index contributed by atoms with van der Waals surface area (Å²) < 4.78 is 116. The lowest BCUT2D eigenvalue weighted by molar-refractivity contribution is -0.745. The Hall–Kier alpha value is -5.15. The Morgan fingerprint density at radius 1 is 0.722 bits per heavy atom. The standard InChI is InChI=1S/C36H51N15O24P4/c1-39-26-18-27(41-10-40-26)49(11-42-18)34-25(66-4)24(73-76(57,58)67-8-16-22(53)23(54)33(71-16)50-12-43-19-28(50)44-35(37)46-30(19)55)17(72-34)9-69-78(61,62)75-79(63,64)74-77(59,60)68-7-15-14(5-6-65-3)21(52)32(70-15)51-13-48(2)20-29(51)45-36(38)47-31(20)56/h10-17,21-25,32-34,52-54H,5-9H2,1-4H3,(H10-,37,38,39,40,41,44,45,46,47,55,56,57,58,59,60,61,62,63,64)/p+1/t14-,15-,16-,17-,21-,22-,23-,24-,25-,32-,33-,34-/m1/s1. The highest BCUT2D eigenvalue weighted by Crippen LogP contribution is 2.68. The second kappa shape index (κ2) is 22.7. The molecular formula is C36H52N15O24P4+. The molecule has 6 aromatic rings. The van der Waals surface area contributed by atoms with Gasteiger partial charge in [0.2, 0.25) is 17.7 Å². The van der Waals surface area contributed by atoms with Gasteiger partial charge in [-0.1, -0.05) is 4.98 Å². The number of aliphatic hydroxyl groups excluding tert-OH is 3. The fraction of sp³-hybridized carbons (Fsp3) is 0.583. The SMILES string of the molecule is CNc1ncnc2c1ncn2[C@@H]1O[C@H](COP(=O)(O)OP(=O)(O)OP(=O)(O)OC[C@H]2O[C@@H]([n+]3cn(C)c4c(=O)[nH]c(N)nc43)[C@H](O)[C@@H]2CCOC)[C@@H](OP(=O)(O)OC[C@H]2O[C@@H](n3cnc4c(=O)[nH]c(N)nc43)[C@H](O)[C@@H]2O)[C@H]1OC. The zero-order valence-electron chi connectivity index (χ0n) is 41.3. The fourth-order valence-electron chi connectivity index (χ4n) is 9.15. The van der Waals surface area contributed by atoms with Crippen LogP contribution in [-0.2, 0) is 75.7 Å². The van der Waals surface area contributed by atoms with Crippen molar-refractivity contribution in [2.75, 3.05) is 64.5 Å². The Kier molecular flexibility index (Phi) is 16.8. The molecule has 79 heavy (non-hydrogen) atoms. The number of rotatable bonds is 23. The first kappa shape index (κ1) is 58.5. The Labute approximate surface area is 440 Å². The number of nitrogens with zero attached hydrogens (tertiary/aromatic N) is 10. The summed E-state index contributed by atoms with van der Waals surface area (Å²) >= 11 is 0. The first-order valence-corrected chi connectivity index (χ1v) is 28.9. The maximum absolute atomic E-state index is 13.8. The van der Waals surface area contributed by atoms with Crippen molar-refractivity contribution in [1.29, 1.82) is 0 Å². The number of phosphoric acid groups is 4. The Bertz CT molecular complexity index is 3550. The third kappa shape index (κ3) is 12.1. The van der Waals surface area contributed by atoms with E-state index in [0.717, 1.165) is 24.3 Å². The summed E-state index contributed by atoms with van der Waals surface area (Å²) in [6.45, 7) is -3.10. The van der Waals surface area contributed by atoms with Crippen LogP contribution < -0.4 is 32.5 Å². The first-order valence-electron chi connectivity index (χ1n) is 23.0. The molecule has 3 aliphatic rings. The van der Waals surface area contributed by atoms with Crippen molar-refractivity contribution in [3.63, 3.8) is 0 Å². The van der Waals surface area contributed by atoms with E-state index < -0.39 is 136 Å². The second-order valence-corrected chi connectivity index (χ2v) is 23.7. The monoisotopic (exact) mass is 1200 g/mol. The fourth-order valence-corrected chi connectivity index (χ4v) is 13.6. The van der Waals surface area contributed by atoms with Crippen LogP contribution in [-0.4, -0.2) is 185 Å². The third-order valence-corrected chi connectivity index (χ3v) is 17.8. The van der Waals surface area contributed by atoms with Gasteiger partial charge in [0.1, 0.15) is 54.6 Å². The molecule has 3 aliphatic heterocycles. The number of fused-ring (bicyclic) bond motifs is 3. The molecule has 16 atom stereocenters. The number of aromatic nitrogens is 12. The first-order chi connectivity index (χ1) is 37.2. The molecule has 0 spiro atoms. The molecule has 0 aromatic carbocycles. The van der Waals surface area contributed by atoms with Gasteiger partial charge in [0.15, 0.2) is 41.4 Å². The van der Waals surface area contributed by atoms with Crippen LogP contribution in [0.3, 0.4) is 0 Å². The van der Waals surface area contributed by atoms with E-state index in [9.17, 15) is 62.7 Å². The number of phosphoric ester groups is 3. The van der Waals surface area contributed by atoms with Crippen LogP contribution in [0, 0.1) is 5.92 Å². The van der Waals surface area contributed by atoms with Crippen molar-refractivity contribution in [2.24, 2.45) is 13.0 Å². The number of nitrogens with one attached hydrogen (secondary N) is 3. The van der Waals surface area contributed by atoms with E-state index in [1.807, 2.05) is 0 Å². The molecule has 3 saturated heterocycles. The average Bonchev–Trinajstić information content (AvgIpc) is 4.30. The number of nitrogen functional groups attached to an aromatic ring is 2. The molecule has 9 heterocycles. The van der Waals surface area contributed by atoms with Crippen molar-refractivity contribution >= 4 is 82.5 Å². The summed E-state index contributed by atoms with van der Waals surface area (Å²) in [4.78, 5) is 97.2. The van der Waals surface area contributed by atoms with E-state index in [1.54, 1.807) is 7.05 Å². The van der Waals surface area contributed by atoms with Crippen molar-refractivity contribution in [2.45, 2.75) is 73.9 Å². The van der Waals surface area contributed by atoms with E-state index in [4.69, 9.17) is 53.2 Å². The summed E-state index contributed by atoms with van der Waals surface area (Å²) in [5.74, 6) is -1.24. The number of H-pyrrole nitrogens is 2. The smallest absolute Gasteiger partial charge is 0.387 e. The van der Waals surface area contributed by atoms with Crippen LogP contribution in [0.4, 0.5) is 17.7 Å². The van der Waals surface area contributed by atoms with Crippen LogP contribution in [0.5, 0.6) is 0 Å². The number of hydrogen-bond donors (Lipinski definition) is 12. The van der Waals surface area contributed by atoms with E-state index in [2.05, 4.69) is 53.8 Å². The minimum atomic E-state index is -6.18. The van der Waals surface area contributed by atoms with Gasteiger partial charge >= 0.3 is 36.9 Å². The molecule has 39 nitrogen and oxygen atoms in total. The minimum Gasteiger partial charge on any atom is -0.387 e. The predicted molar refractivity (Wildman–Crippen MR) is 258 cm³/mol. The highest BCUT2D eigenvalue weighted by molar-refractivity contribution is 7.66. The summed E-state index contributed by atoms with van der Waals surface area (Å²) in [6, 6.07) is 0. The molecule has 6 aromatic heterocycles. The number of anilines is 3. The molecule has 4 unspecified atom stereocenters. The number of imidazole rings is 3. The van der Waals surface area contributed by atoms with Gasteiger partial charge < -0.3 is 75.4 Å². The molecular weight excluding hydrogens is 1150 g/mol. The lowest BCUT2D eigenvalue weighted by Crippen LogP contribution is -2.45.